The van der Waals surface area contributed by atoms with Crippen LogP contribution in [0.4, 0.5) is 4.39 Å². The van der Waals surface area contributed by atoms with E-state index in [0.29, 0.717) is 11.3 Å². The van der Waals surface area contributed by atoms with E-state index in [1.54, 1.807) is 24.3 Å². The van der Waals surface area contributed by atoms with E-state index in [1.165, 1.54) is 31.8 Å². The Morgan fingerprint density at radius 1 is 1.24 bits per heavy atom. The average molecular weight is 345 g/mol. The minimum Gasteiger partial charge on any atom is -0.497 e. The summed E-state index contributed by atoms with van der Waals surface area (Å²) in [4.78, 5) is 23.5. The lowest BCUT2D eigenvalue weighted by Gasteiger charge is -2.11. The van der Waals surface area contributed by atoms with Gasteiger partial charge in [-0.1, -0.05) is 6.07 Å². The Morgan fingerprint density at radius 3 is 2.64 bits per heavy atom. The number of halogens is 1. The lowest BCUT2D eigenvalue weighted by Crippen LogP contribution is -2.21. The number of carbonyl (C=O) groups is 2. The van der Waals surface area contributed by atoms with Crippen LogP contribution in [0.5, 0.6) is 5.75 Å². The second-order valence-electron chi connectivity index (χ2n) is 4.98. The summed E-state index contributed by atoms with van der Waals surface area (Å²) in [7, 11) is 2.93. The molecule has 0 aliphatic carbocycles. The maximum Gasteiger partial charge on any atom is 0.274 e. The predicted molar refractivity (Wildman–Crippen MR) is 88.3 cm³/mol. The van der Waals surface area contributed by atoms with Crippen molar-refractivity contribution in [3.8, 4) is 5.75 Å². The van der Waals surface area contributed by atoms with Crippen LogP contribution in [-0.4, -0.2) is 42.4 Å². The van der Waals surface area contributed by atoms with Gasteiger partial charge in [0.25, 0.3) is 11.8 Å². The van der Waals surface area contributed by atoms with Crippen molar-refractivity contribution in [2.75, 3.05) is 14.2 Å². The molecule has 2 aromatic rings. The Morgan fingerprint density at radius 2 is 2.00 bits per heavy atom. The third-order valence-corrected chi connectivity index (χ3v) is 3.34. The number of nitrogens with zero attached hydrogens (tertiary/aromatic N) is 2. The molecule has 0 heterocycles. The second kappa shape index (κ2) is 8.02. The molecule has 2 N–H and O–H groups in total. The van der Waals surface area contributed by atoms with Crippen LogP contribution in [0.1, 0.15) is 26.3 Å². The molecule has 7 nitrogen and oxygen atoms in total. The van der Waals surface area contributed by atoms with E-state index in [0.717, 1.165) is 17.3 Å². The van der Waals surface area contributed by atoms with Gasteiger partial charge in [-0.05, 0) is 36.4 Å². The molecule has 8 heteroatoms. The zero-order valence-electron chi connectivity index (χ0n) is 13.6. The fourth-order valence-corrected chi connectivity index (χ4v) is 1.98. The minimum absolute atomic E-state index is 0.0436. The molecule has 0 unspecified atom stereocenters. The summed E-state index contributed by atoms with van der Waals surface area (Å²) in [6, 6.07) is 10.1. The predicted octanol–water partition coefficient (Wildman–Crippen LogP) is 2.06. The van der Waals surface area contributed by atoms with E-state index < -0.39 is 17.6 Å². The number of hydrogen-bond donors (Lipinski definition) is 2. The Balaban J connectivity index is 2.15. The van der Waals surface area contributed by atoms with Gasteiger partial charge in [-0.15, -0.1) is 0 Å². The summed E-state index contributed by atoms with van der Waals surface area (Å²) < 4.78 is 19.0. The smallest absolute Gasteiger partial charge is 0.274 e. The van der Waals surface area contributed by atoms with Gasteiger partial charge in [0.1, 0.15) is 11.6 Å². The van der Waals surface area contributed by atoms with Gasteiger partial charge in [-0.2, -0.15) is 5.10 Å². The first-order valence-electron chi connectivity index (χ1n) is 7.16. The number of nitrogens with one attached hydrogen (secondary N) is 1. The number of rotatable bonds is 5. The number of hydrogen-bond acceptors (Lipinski definition) is 5. The van der Waals surface area contributed by atoms with Crippen LogP contribution in [-0.2, 0) is 0 Å². The van der Waals surface area contributed by atoms with Gasteiger partial charge >= 0.3 is 0 Å². The highest BCUT2D eigenvalue weighted by Crippen LogP contribution is 2.14. The van der Waals surface area contributed by atoms with Crippen molar-refractivity contribution >= 4 is 18.0 Å². The van der Waals surface area contributed by atoms with Crippen LogP contribution >= 0.6 is 0 Å². The Kier molecular flexibility index (Phi) is 5.80. The van der Waals surface area contributed by atoms with Crippen LogP contribution in [0, 0.1) is 5.82 Å². The van der Waals surface area contributed by atoms with Gasteiger partial charge in [0.2, 0.25) is 0 Å². The van der Waals surface area contributed by atoms with E-state index in [1.807, 2.05) is 0 Å². The number of hydrazone groups is 1. The Labute approximate surface area is 143 Å². The van der Waals surface area contributed by atoms with Crippen molar-refractivity contribution in [2.45, 2.75) is 0 Å². The molecule has 0 saturated carbocycles. The molecule has 0 fully saturated rings. The van der Waals surface area contributed by atoms with Gasteiger partial charge in [0.05, 0.1) is 13.3 Å². The summed E-state index contributed by atoms with van der Waals surface area (Å²) in [5.41, 5.74) is 1.83. The fourth-order valence-electron chi connectivity index (χ4n) is 1.98. The number of carbonyl (C=O) groups excluding carboxylic acids is 2. The molecule has 0 bridgehead atoms. The number of benzene rings is 2. The standard InChI is InChI=1S/C17H16FN3O4/c1-21(17(23)12-4-3-5-14(8-12)25-2)19-10-13-7-6-11(9-15(13)18)16(22)20-24/h3-10,24H,1-2H3,(H,20,22). The minimum atomic E-state index is -0.826. The summed E-state index contributed by atoms with van der Waals surface area (Å²) in [6.45, 7) is 0. The zero-order valence-corrected chi connectivity index (χ0v) is 13.6. The number of ether oxygens (including phenoxy) is 1. The van der Waals surface area contributed by atoms with E-state index >= 15 is 0 Å². The third-order valence-electron chi connectivity index (χ3n) is 3.34. The first-order valence-corrected chi connectivity index (χ1v) is 7.16. The van der Waals surface area contributed by atoms with Crippen molar-refractivity contribution in [3.63, 3.8) is 0 Å². The lowest BCUT2D eigenvalue weighted by molar-refractivity contribution is 0.0705. The van der Waals surface area contributed by atoms with Crippen LogP contribution in [0.25, 0.3) is 0 Å². The summed E-state index contributed by atoms with van der Waals surface area (Å²) in [5, 5.41) is 13.5. The van der Waals surface area contributed by atoms with Crippen LogP contribution in [0.3, 0.4) is 0 Å². The van der Waals surface area contributed by atoms with Crippen LogP contribution < -0.4 is 10.2 Å². The molecule has 2 amide bonds. The maximum atomic E-state index is 13.9. The molecule has 0 atom stereocenters. The van der Waals surface area contributed by atoms with Gasteiger partial charge in [-0.3, -0.25) is 14.8 Å². The molecule has 2 aromatic carbocycles. The van der Waals surface area contributed by atoms with Crippen molar-refractivity contribution < 1.29 is 23.9 Å². The molecular weight excluding hydrogens is 329 g/mol. The number of methoxy groups -OCH3 is 1. The lowest BCUT2D eigenvalue weighted by atomic mass is 10.1. The first-order chi connectivity index (χ1) is 12.0. The van der Waals surface area contributed by atoms with Gasteiger partial charge in [0, 0.05) is 23.7 Å². The summed E-state index contributed by atoms with van der Waals surface area (Å²) in [6.07, 6.45) is 1.16. The molecule has 0 radical (unpaired) electrons. The van der Waals surface area contributed by atoms with E-state index in [-0.39, 0.29) is 11.1 Å². The SMILES string of the molecule is COc1cccc(C(=O)N(C)N=Cc2ccc(C(=O)NO)cc2F)c1. The first kappa shape index (κ1) is 18.1. The quantitative estimate of drug-likeness (QED) is 0.493. The van der Waals surface area contributed by atoms with Gasteiger partial charge in [0.15, 0.2) is 0 Å². The van der Waals surface area contributed by atoms with E-state index in [9.17, 15) is 14.0 Å². The molecule has 0 saturated heterocycles. The van der Waals surface area contributed by atoms with Gasteiger partial charge < -0.3 is 4.74 Å². The van der Waals surface area contributed by atoms with Gasteiger partial charge in [-0.25, -0.2) is 14.9 Å². The topological polar surface area (TPSA) is 91.2 Å². The monoisotopic (exact) mass is 345 g/mol. The van der Waals surface area contributed by atoms with E-state index in [4.69, 9.17) is 9.94 Å². The number of hydroxylamine groups is 1. The normalized spacial score (nSPS) is 10.6. The van der Waals surface area contributed by atoms with Crippen molar-refractivity contribution in [1.82, 2.24) is 10.5 Å². The Bertz CT molecular complexity index is 823. The highest BCUT2D eigenvalue weighted by molar-refractivity contribution is 5.96. The number of amides is 2. The van der Waals surface area contributed by atoms with Crippen LogP contribution in [0.2, 0.25) is 0 Å². The molecule has 0 spiro atoms. The molecule has 0 aromatic heterocycles. The zero-order chi connectivity index (χ0) is 18.4. The maximum absolute atomic E-state index is 13.9. The fraction of sp³-hybridized carbons (Fsp3) is 0.118. The molecule has 0 aliphatic heterocycles. The van der Waals surface area contributed by atoms with Crippen molar-refractivity contribution in [3.05, 3.63) is 65.0 Å². The molecular formula is C17H16FN3O4. The highest BCUT2D eigenvalue weighted by Gasteiger charge is 2.12. The third kappa shape index (κ3) is 4.39. The molecule has 2 rings (SSSR count). The Hall–Kier alpha value is -3.26. The summed E-state index contributed by atoms with van der Waals surface area (Å²) in [5.74, 6) is -1.40. The average Bonchev–Trinajstić information content (AvgIpc) is 2.65. The molecule has 0 aliphatic rings. The summed E-state index contributed by atoms with van der Waals surface area (Å²) >= 11 is 0. The van der Waals surface area contributed by atoms with E-state index in [2.05, 4.69) is 5.10 Å². The second-order valence-corrected chi connectivity index (χ2v) is 4.98. The molecule has 25 heavy (non-hydrogen) atoms. The van der Waals surface area contributed by atoms with Crippen molar-refractivity contribution in [1.29, 1.82) is 0 Å². The highest BCUT2D eigenvalue weighted by atomic mass is 19.1. The molecule has 130 valence electrons. The van der Waals surface area contributed by atoms with Crippen molar-refractivity contribution in [2.24, 2.45) is 5.10 Å². The largest absolute Gasteiger partial charge is 0.497 e. The van der Waals surface area contributed by atoms with Crippen LogP contribution in [0.15, 0.2) is 47.6 Å².